The first kappa shape index (κ1) is 21.6. The molecule has 0 radical (unpaired) electrons. The second kappa shape index (κ2) is 10.6. The van der Waals surface area contributed by atoms with Gasteiger partial charge in [-0.15, -0.1) is 0 Å². The molecule has 28 heavy (non-hydrogen) atoms. The van der Waals surface area contributed by atoms with Crippen LogP contribution in [0.3, 0.4) is 0 Å². The van der Waals surface area contributed by atoms with Gasteiger partial charge in [-0.25, -0.2) is 0 Å². The number of hydrogen-bond acceptors (Lipinski definition) is 5. The molecule has 1 aromatic heterocycles. The lowest BCUT2D eigenvalue weighted by atomic mass is 10.1. The van der Waals surface area contributed by atoms with Crippen LogP contribution >= 0.6 is 0 Å². The smallest absolute Gasteiger partial charge is 0.193 e. The highest BCUT2D eigenvalue weighted by Gasteiger charge is 2.17. The van der Waals surface area contributed by atoms with E-state index in [9.17, 15) is 0 Å². The predicted molar refractivity (Wildman–Crippen MR) is 112 cm³/mol. The highest BCUT2D eigenvalue weighted by Crippen LogP contribution is 2.17. The quantitative estimate of drug-likeness (QED) is 0.520. The fraction of sp³-hybridized carbons (Fsp3) is 0.500. The van der Waals surface area contributed by atoms with Gasteiger partial charge in [-0.2, -0.15) is 5.10 Å². The maximum atomic E-state index is 5.81. The average molecular weight is 389 g/mol. The van der Waals surface area contributed by atoms with Crippen molar-refractivity contribution < 1.29 is 9.47 Å². The van der Waals surface area contributed by atoms with E-state index in [-0.39, 0.29) is 6.04 Å². The molecule has 2 aromatic rings. The largest absolute Gasteiger partial charge is 0.497 e. The molecule has 0 spiro atoms. The number of aliphatic imine (C=N–C) groups is 1. The molecule has 0 amide bonds. The van der Waals surface area contributed by atoms with E-state index in [4.69, 9.17) is 9.47 Å². The van der Waals surface area contributed by atoms with Crippen LogP contribution in [-0.2, 0) is 7.05 Å². The molecule has 0 saturated carbocycles. The molecule has 0 fully saturated rings. The Morgan fingerprint density at radius 3 is 2.43 bits per heavy atom. The summed E-state index contributed by atoms with van der Waals surface area (Å²) in [5.41, 5.74) is 1.17. The van der Waals surface area contributed by atoms with Crippen molar-refractivity contribution in [1.29, 1.82) is 0 Å². The van der Waals surface area contributed by atoms with Crippen molar-refractivity contribution >= 4 is 5.96 Å². The zero-order valence-corrected chi connectivity index (χ0v) is 17.7. The summed E-state index contributed by atoms with van der Waals surface area (Å²) in [5.74, 6) is 2.47. The van der Waals surface area contributed by atoms with E-state index < -0.39 is 0 Å². The minimum absolute atomic E-state index is 0.203. The summed E-state index contributed by atoms with van der Waals surface area (Å²) in [6.07, 6.45) is 3.95. The number of aromatic nitrogens is 2. The van der Waals surface area contributed by atoms with E-state index in [0.29, 0.717) is 13.2 Å². The Balaban J connectivity index is 1.83. The second-order valence-electron chi connectivity index (χ2n) is 6.80. The normalized spacial score (nSPS) is 12.8. The molecular weight excluding hydrogens is 356 g/mol. The number of ether oxygens (including phenoxy) is 2. The number of rotatable bonds is 9. The maximum Gasteiger partial charge on any atom is 0.193 e. The van der Waals surface area contributed by atoms with Gasteiger partial charge in [0.05, 0.1) is 25.9 Å². The standard InChI is InChI=1S/C20H32N6O2/c1-21-20(22-14-19(24(2)3)16-13-23-26(5)15-16)25(4)11-12-28-18-9-7-17(27-6)8-10-18/h7-10,13,15,19H,11-12,14H2,1-6H3,(H,21,22). The van der Waals surface area contributed by atoms with Crippen LogP contribution in [0.2, 0.25) is 0 Å². The first-order valence-electron chi connectivity index (χ1n) is 9.28. The van der Waals surface area contributed by atoms with E-state index in [1.54, 1.807) is 14.2 Å². The zero-order valence-electron chi connectivity index (χ0n) is 17.7. The van der Waals surface area contributed by atoms with E-state index in [2.05, 4.69) is 39.3 Å². The molecule has 1 unspecified atom stereocenters. The Hall–Kier alpha value is -2.74. The molecule has 8 heteroatoms. The molecule has 154 valence electrons. The Morgan fingerprint density at radius 2 is 1.89 bits per heavy atom. The molecule has 0 saturated heterocycles. The third-order valence-electron chi connectivity index (χ3n) is 4.51. The summed E-state index contributed by atoms with van der Waals surface area (Å²) in [6, 6.07) is 7.79. The van der Waals surface area contributed by atoms with Gasteiger partial charge in [0.25, 0.3) is 0 Å². The summed E-state index contributed by atoms with van der Waals surface area (Å²) in [5, 5.41) is 7.73. The van der Waals surface area contributed by atoms with Gasteiger partial charge in [0.15, 0.2) is 5.96 Å². The number of guanidine groups is 1. The fourth-order valence-electron chi connectivity index (χ4n) is 2.86. The van der Waals surface area contributed by atoms with Crippen molar-refractivity contribution in [3.63, 3.8) is 0 Å². The highest BCUT2D eigenvalue weighted by atomic mass is 16.5. The fourth-order valence-corrected chi connectivity index (χ4v) is 2.86. The summed E-state index contributed by atoms with van der Waals surface area (Å²) in [4.78, 5) is 8.61. The van der Waals surface area contributed by atoms with Crippen LogP contribution < -0.4 is 14.8 Å². The molecule has 2 rings (SSSR count). The van der Waals surface area contributed by atoms with Crippen molar-refractivity contribution in [2.24, 2.45) is 12.0 Å². The van der Waals surface area contributed by atoms with E-state index >= 15 is 0 Å². The van der Waals surface area contributed by atoms with Gasteiger partial charge in [-0.3, -0.25) is 9.67 Å². The van der Waals surface area contributed by atoms with Gasteiger partial charge in [-0.1, -0.05) is 0 Å². The van der Waals surface area contributed by atoms with E-state index in [0.717, 1.165) is 24.0 Å². The zero-order chi connectivity index (χ0) is 20.5. The molecule has 1 aromatic carbocycles. The number of aryl methyl sites for hydroxylation is 1. The van der Waals surface area contributed by atoms with Crippen LogP contribution in [0.4, 0.5) is 0 Å². The maximum absolute atomic E-state index is 5.81. The van der Waals surface area contributed by atoms with Gasteiger partial charge in [0.2, 0.25) is 0 Å². The SMILES string of the molecule is CN=C(NCC(c1cnn(C)c1)N(C)C)N(C)CCOc1ccc(OC)cc1. The van der Waals surface area contributed by atoms with Crippen LogP contribution in [0.5, 0.6) is 11.5 Å². The lowest BCUT2D eigenvalue weighted by molar-refractivity contribution is 0.274. The van der Waals surface area contributed by atoms with Gasteiger partial charge in [0, 0.05) is 39.4 Å². The molecule has 0 aliphatic carbocycles. The summed E-state index contributed by atoms with van der Waals surface area (Å²) >= 11 is 0. The number of methoxy groups -OCH3 is 1. The first-order chi connectivity index (χ1) is 13.4. The number of benzene rings is 1. The molecule has 1 atom stereocenters. The number of nitrogens with one attached hydrogen (secondary N) is 1. The first-order valence-corrected chi connectivity index (χ1v) is 9.28. The molecule has 0 bridgehead atoms. The minimum atomic E-state index is 0.203. The third-order valence-corrected chi connectivity index (χ3v) is 4.51. The molecule has 8 nitrogen and oxygen atoms in total. The predicted octanol–water partition coefficient (Wildman–Crippen LogP) is 1.62. The number of likely N-dealkylation sites (N-methyl/N-ethyl adjacent to an activating group) is 2. The van der Waals surface area contributed by atoms with Crippen LogP contribution in [0.25, 0.3) is 0 Å². The van der Waals surface area contributed by atoms with Crippen molar-refractivity contribution in [1.82, 2.24) is 24.9 Å². The lowest BCUT2D eigenvalue weighted by Gasteiger charge is -2.27. The van der Waals surface area contributed by atoms with Crippen LogP contribution in [0.1, 0.15) is 11.6 Å². The van der Waals surface area contributed by atoms with Crippen molar-refractivity contribution in [2.45, 2.75) is 6.04 Å². The number of hydrogen-bond donors (Lipinski definition) is 1. The molecule has 1 heterocycles. The third kappa shape index (κ3) is 6.16. The Morgan fingerprint density at radius 1 is 1.21 bits per heavy atom. The van der Waals surface area contributed by atoms with E-state index in [1.807, 2.05) is 55.4 Å². The summed E-state index contributed by atoms with van der Waals surface area (Å²) in [6.45, 7) is 2.00. The lowest BCUT2D eigenvalue weighted by Crippen LogP contribution is -2.44. The Kier molecular flexibility index (Phi) is 8.13. The molecule has 0 aliphatic heterocycles. The van der Waals surface area contributed by atoms with E-state index in [1.165, 1.54) is 5.56 Å². The van der Waals surface area contributed by atoms with Crippen LogP contribution in [0, 0.1) is 0 Å². The van der Waals surface area contributed by atoms with Crippen molar-refractivity contribution in [3.8, 4) is 11.5 Å². The van der Waals surface area contributed by atoms with Crippen LogP contribution in [0.15, 0.2) is 41.7 Å². The monoisotopic (exact) mass is 388 g/mol. The van der Waals surface area contributed by atoms with Gasteiger partial charge in [-0.05, 0) is 38.4 Å². The average Bonchev–Trinajstić information content (AvgIpc) is 3.11. The van der Waals surface area contributed by atoms with Crippen molar-refractivity contribution in [3.05, 3.63) is 42.2 Å². The minimum Gasteiger partial charge on any atom is -0.497 e. The highest BCUT2D eigenvalue weighted by molar-refractivity contribution is 5.79. The van der Waals surface area contributed by atoms with Crippen LogP contribution in [-0.4, -0.2) is 80.5 Å². The molecule has 1 N–H and O–H groups in total. The number of nitrogens with zero attached hydrogens (tertiary/aromatic N) is 5. The van der Waals surface area contributed by atoms with Crippen molar-refractivity contribution in [2.75, 3.05) is 55.0 Å². The Labute approximate surface area is 167 Å². The second-order valence-corrected chi connectivity index (χ2v) is 6.80. The Bertz CT molecular complexity index is 741. The van der Waals surface area contributed by atoms with Gasteiger partial charge < -0.3 is 24.6 Å². The molecular formula is C20H32N6O2. The van der Waals surface area contributed by atoms with Gasteiger partial charge in [0.1, 0.15) is 18.1 Å². The topological polar surface area (TPSA) is 67.2 Å². The molecule has 0 aliphatic rings. The summed E-state index contributed by atoms with van der Waals surface area (Å²) < 4.78 is 12.8. The summed E-state index contributed by atoms with van der Waals surface area (Å²) in [7, 11) is 11.5. The van der Waals surface area contributed by atoms with Gasteiger partial charge >= 0.3 is 0 Å².